The van der Waals surface area contributed by atoms with Crippen molar-refractivity contribution in [1.82, 2.24) is 9.97 Å². The number of aromatic amines is 1. The van der Waals surface area contributed by atoms with Crippen LogP contribution in [0.25, 0.3) is 0 Å². The highest BCUT2D eigenvalue weighted by molar-refractivity contribution is 9.10. The molecule has 2 aromatic rings. The molecule has 1 atom stereocenters. The van der Waals surface area contributed by atoms with Crippen molar-refractivity contribution >= 4 is 27.7 Å². The van der Waals surface area contributed by atoms with Gasteiger partial charge in [0.15, 0.2) is 5.16 Å². The fraction of sp³-hybridized carbons (Fsp3) is 0.167. The second-order valence-electron chi connectivity index (χ2n) is 3.70. The third-order valence-electron chi connectivity index (χ3n) is 2.28. The summed E-state index contributed by atoms with van der Waals surface area (Å²) in [5, 5.41) is 10.2. The van der Waals surface area contributed by atoms with Crippen molar-refractivity contribution in [2.24, 2.45) is 0 Å². The monoisotopic (exact) mass is 326 g/mol. The predicted molar refractivity (Wildman–Crippen MR) is 73.8 cm³/mol. The molecule has 0 saturated heterocycles. The molecule has 4 nitrogen and oxygen atoms in total. The summed E-state index contributed by atoms with van der Waals surface area (Å²) >= 11 is 4.69. The molecule has 0 bridgehead atoms. The normalized spacial score (nSPS) is 12.4. The van der Waals surface area contributed by atoms with Gasteiger partial charge in [0, 0.05) is 21.6 Å². The molecule has 0 spiro atoms. The number of benzene rings is 1. The van der Waals surface area contributed by atoms with Crippen LogP contribution in [0.2, 0.25) is 0 Å². The van der Waals surface area contributed by atoms with Gasteiger partial charge in [0.05, 0.1) is 6.10 Å². The molecule has 0 radical (unpaired) electrons. The minimum Gasteiger partial charge on any atom is -0.389 e. The van der Waals surface area contributed by atoms with Gasteiger partial charge in [-0.15, -0.1) is 0 Å². The highest BCUT2D eigenvalue weighted by Gasteiger charge is 2.10. The summed E-state index contributed by atoms with van der Waals surface area (Å²) in [5.41, 5.74) is 0.601. The van der Waals surface area contributed by atoms with E-state index in [1.54, 1.807) is 6.92 Å². The highest BCUT2D eigenvalue weighted by atomic mass is 79.9. The van der Waals surface area contributed by atoms with E-state index in [4.69, 9.17) is 0 Å². The van der Waals surface area contributed by atoms with E-state index in [-0.39, 0.29) is 5.56 Å². The second-order valence-corrected chi connectivity index (χ2v) is 5.65. The van der Waals surface area contributed by atoms with Crippen LogP contribution in [0.5, 0.6) is 0 Å². The van der Waals surface area contributed by atoms with Gasteiger partial charge in [0.1, 0.15) is 0 Å². The van der Waals surface area contributed by atoms with Gasteiger partial charge < -0.3 is 10.1 Å². The Morgan fingerprint density at radius 3 is 2.89 bits per heavy atom. The molecule has 0 aliphatic heterocycles. The van der Waals surface area contributed by atoms with Gasteiger partial charge in [-0.05, 0) is 30.7 Å². The van der Waals surface area contributed by atoms with Crippen molar-refractivity contribution in [2.75, 3.05) is 0 Å². The molecule has 94 valence electrons. The van der Waals surface area contributed by atoms with Gasteiger partial charge >= 0.3 is 0 Å². The lowest BCUT2D eigenvalue weighted by atomic mass is 10.1. The first-order valence-corrected chi connectivity index (χ1v) is 6.88. The molecule has 1 aromatic heterocycles. The predicted octanol–water partition coefficient (Wildman–Crippen LogP) is 2.74. The van der Waals surface area contributed by atoms with Gasteiger partial charge in [0.25, 0.3) is 5.56 Å². The summed E-state index contributed by atoms with van der Waals surface area (Å²) in [5.74, 6) is 0. The van der Waals surface area contributed by atoms with Crippen molar-refractivity contribution < 1.29 is 5.11 Å². The lowest BCUT2D eigenvalue weighted by molar-refractivity contribution is 0.196. The summed E-state index contributed by atoms with van der Waals surface area (Å²) in [6.45, 7) is 1.70. The van der Waals surface area contributed by atoms with E-state index >= 15 is 0 Å². The van der Waals surface area contributed by atoms with Gasteiger partial charge in [0.2, 0.25) is 0 Å². The Bertz CT molecular complexity index is 613. The number of hydrogen-bond donors (Lipinski definition) is 2. The minimum atomic E-state index is -0.583. The van der Waals surface area contributed by atoms with E-state index in [0.717, 1.165) is 14.9 Å². The SMILES string of the molecule is CC(O)c1cc(Br)ccc1Sc1nccc(=O)[nH]1. The number of nitrogens with zero attached hydrogens (tertiary/aromatic N) is 1. The molecule has 0 aliphatic carbocycles. The zero-order chi connectivity index (χ0) is 13.1. The van der Waals surface area contributed by atoms with Crippen LogP contribution >= 0.6 is 27.7 Å². The highest BCUT2D eigenvalue weighted by Crippen LogP contribution is 2.32. The topological polar surface area (TPSA) is 66.0 Å². The zero-order valence-electron chi connectivity index (χ0n) is 9.55. The van der Waals surface area contributed by atoms with Crippen LogP contribution in [0.1, 0.15) is 18.6 Å². The van der Waals surface area contributed by atoms with E-state index in [1.807, 2.05) is 18.2 Å². The van der Waals surface area contributed by atoms with Crippen LogP contribution in [0.4, 0.5) is 0 Å². The number of halogens is 1. The van der Waals surface area contributed by atoms with Crippen molar-refractivity contribution in [3.8, 4) is 0 Å². The summed E-state index contributed by atoms with van der Waals surface area (Å²) in [6, 6.07) is 6.98. The van der Waals surface area contributed by atoms with Crippen LogP contribution in [-0.2, 0) is 0 Å². The van der Waals surface area contributed by atoms with Gasteiger partial charge in [-0.1, -0.05) is 27.7 Å². The van der Waals surface area contributed by atoms with E-state index in [1.165, 1.54) is 24.0 Å². The molecule has 1 aromatic carbocycles. The maximum atomic E-state index is 11.2. The maximum absolute atomic E-state index is 11.2. The van der Waals surface area contributed by atoms with Crippen molar-refractivity contribution in [1.29, 1.82) is 0 Å². The minimum absolute atomic E-state index is 0.191. The lowest BCUT2D eigenvalue weighted by Gasteiger charge is -2.11. The maximum Gasteiger partial charge on any atom is 0.251 e. The number of hydrogen-bond acceptors (Lipinski definition) is 4. The average molecular weight is 327 g/mol. The largest absolute Gasteiger partial charge is 0.389 e. The fourth-order valence-electron chi connectivity index (χ4n) is 1.45. The van der Waals surface area contributed by atoms with E-state index in [2.05, 4.69) is 25.9 Å². The lowest BCUT2D eigenvalue weighted by Crippen LogP contribution is -2.05. The van der Waals surface area contributed by atoms with Crippen LogP contribution < -0.4 is 5.56 Å². The van der Waals surface area contributed by atoms with E-state index in [9.17, 15) is 9.90 Å². The molecule has 0 amide bonds. The molecule has 1 unspecified atom stereocenters. The van der Waals surface area contributed by atoms with Crippen molar-refractivity contribution in [3.05, 3.63) is 50.9 Å². The summed E-state index contributed by atoms with van der Waals surface area (Å²) < 4.78 is 0.900. The third kappa shape index (κ3) is 3.22. The molecule has 0 aliphatic rings. The van der Waals surface area contributed by atoms with Gasteiger partial charge in [-0.25, -0.2) is 4.98 Å². The van der Waals surface area contributed by atoms with Gasteiger partial charge in [-0.2, -0.15) is 0 Å². The van der Waals surface area contributed by atoms with E-state index < -0.39 is 6.10 Å². The number of rotatable bonds is 3. The molecule has 1 heterocycles. The standard InChI is InChI=1S/C12H11BrN2O2S/c1-7(16)9-6-8(13)2-3-10(9)18-12-14-5-4-11(17)15-12/h2-7,16H,1H3,(H,14,15,17). The Morgan fingerprint density at radius 1 is 1.44 bits per heavy atom. The number of aliphatic hydroxyl groups excluding tert-OH is 1. The first kappa shape index (κ1) is 13.3. The number of H-pyrrole nitrogens is 1. The smallest absolute Gasteiger partial charge is 0.251 e. The molecule has 18 heavy (non-hydrogen) atoms. The van der Waals surface area contributed by atoms with Crippen molar-refractivity contribution in [2.45, 2.75) is 23.1 Å². The molecule has 2 N–H and O–H groups in total. The number of aliphatic hydroxyl groups is 1. The number of aromatic nitrogens is 2. The van der Waals surface area contributed by atoms with Crippen LogP contribution in [0.15, 0.2) is 49.8 Å². The Morgan fingerprint density at radius 2 is 2.22 bits per heavy atom. The zero-order valence-corrected chi connectivity index (χ0v) is 12.0. The molecular weight excluding hydrogens is 316 g/mol. The summed E-state index contributed by atoms with van der Waals surface area (Å²) in [7, 11) is 0. The first-order valence-electron chi connectivity index (χ1n) is 5.27. The van der Waals surface area contributed by atoms with Crippen LogP contribution in [0.3, 0.4) is 0 Å². The summed E-state index contributed by atoms with van der Waals surface area (Å²) in [6.07, 6.45) is 0.877. The Balaban J connectivity index is 2.37. The van der Waals surface area contributed by atoms with Crippen LogP contribution in [-0.4, -0.2) is 15.1 Å². The molecular formula is C12H11BrN2O2S. The quantitative estimate of drug-likeness (QED) is 0.851. The third-order valence-corrected chi connectivity index (χ3v) is 3.76. The summed E-state index contributed by atoms with van der Waals surface area (Å²) in [4.78, 5) is 18.8. The Hall–Kier alpha value is -1.11. The molecule has 0 saturated carbocycles. The first-order chi connectivity index (χ1) is 8.56. The number of nitrogens with one attached hydrogen (secondary N) is 1. The molecule has 6 heteroatoms. The Labute approximate surface area is 117 Å². The van der Waals surface area contributed by atoms with Crippen LogP contribution in [0, 0.1) is 0 Å². The average Bonchev–Trinajstić information content (AvgIpc) is 2.31. The van der Waals surface area contributed by atoms with Gasteiger partial charge in [-0.3, -0.25) is 4.79 Å². The molecule has 0 fully saturated rings. The van der Waals surface area contributed by atoms with E-state index in [0.29, 0.717) is 5.16 Å². The molecule has 2 rings (SSSR count). The van der Waals surface area contributed by atoms with Crippen molar-refractivity contribution in [3.63, 3.8) is 0 Å². The fourth-order valence-corrected chi connectivity index (χ4v) is 2.78. The Kier molecular flexibility index (Phi) is 4.21. The second kappa shape index (κ2) is 5.69.